The van der Waals surface area contributed by atoms with Gasteiger partial charge in [-0.1, -0.05) is 31.2 Å². The van der Waals surface area contributed by atoms with E-state index in [1.165, 1.54) is 6.08 Å². The summed E-state index contributed by atoms with van der Waals surface area (Å²) >= 11 is 0. The molecule has 0 fully saturated rings. The molecule has 27 heavy (non-hydrogen) atoms. The number of likely N-dealkylation sites (N-methyl/N-ethyl adjacent to an activating group) is 1. The van der Waals surface area contributed by atoms with Gasteiger partial charge >= 0.3 is 6.18 Å². The minimum atomic E-state index is -4.55. The van der Waals surface area contributed by atoms with E-state index in [9.17, 15) is 17.6 Å². The third-order valence-corrected chi connectivity index (χ3v) is 4.28. The van der Waals surface area contributed by atoms with Crippen LogP contribution in [-0.4, -0.2) is 24.8 Å². The van der Waals surface area contributed by atoms with Gasteiger partial charge in [0.05, 0.1) is 5.56 Å². The quantitative estimate of drug-likeness (QED) is 0.649. The summed E-state index contributed by atoms with van der Waals surface area (Å²) in [4.78, 5) is 2.11. The zero-order chi connectivity index (χ0) is 19.4. The minimum absolute atomic E-state index is 0.127. The minimum Gasteiger partial charge on any atom is -0.454 e. The van der Waals surface area contributed by atoms with Crippen molar-refractivity contribution in [1.29, 1.82) is 0 Å². The molecule has 2 aromatic rings. The fourth-order valence-corrected chi connectivity index (χ4v) is 2.77. The van der Waals surface area contributed by atoms with Crippen LogP contribution < -0.4 is 9.47 Å². The number of fused-ring (bicyclic) bond motifs is 1. The molecule has 0 saturated heterocycles. The van der Waals surface area contributed by atoms with Crippen LogP contribution in [0.1, 0.15) is 23.6 Å². The number of nitrogens with zero attached hydrogens (tertiary/aromatic N) is 1. The summed E-state index contributed by atoms with van der Waals surface area (Å²) in [6.45, 7) is 4.17. The van der Waals surface area contributed by atoms with Gasteiger partial charge in [-0.2, -0.15) is 13.2 Å². The highest BCUT2D eigenvalue weighted by atomic mass is 19.4. The molecule has 0 atom stereocenters. The maximum atomic E-state index is 13.9. The first-order valence-corrected chi connectivity index (χ1v) is 8.51. The number of ether oxygens (including phenoxy) is 2. The van der Waals surface area contributed by atoms with Crippen molar-refractivity contribution >= 4 is 6.08 Å². The lowest BCUT2D eigenvalue weighted by atomic mass is 10.1. The number of hydrogen-bond donors (Lipinski definition) is 0. The Morgan fingerprint density at radius 1 is 1.07 bits per heavy atom. The molecule has 3 rings (SSSR count). The number of hydrogen-bond acceptors (Lipinski definition) is 3. The Morgan fingerprint density at radius 3 is 2.56 bits per heavy atom. The molecule has 0 amide bonds. The van der Waals surface area contributed by atoms with Crippen molar-refractivity contribution in [2.45, 2.75) is 19.6 Å². The number of benzene rings is 2. The van der Waals surface area contributed by atoms with Crippen LogP contribution in [0.4, 0.5) is 17.6 Å². The molecule has 0 unspecified atom stereocenters. The number of alkyl halides is 3. The van der Waals surface area contributed by atoms with Crippen molar-refractivity contribution < 1.29 is 27.0 Å². The van der Waals surface area contributed by atoms with E-state index in [4.69, 9.17) is 9.47 Å². The van der Waals surface area contributed by atoms with E-state index >= 15 is 0 Å². The summed E-state index contributed by atoms with van der Waals surface area (Å²) in [7, 11) is 0. The van der Waals surface area contributed by atoms with E-state index in [-0.39, 0.29) is 12.4 Å². The maximum absolute atomic E-state index is 13.9. The van der Waals surface area contributed by atoms with Gasteiger partial charge in [0.1, 0.15) is 5.82 Å². The van der Waals surface area contributed by atoms with Crippen LogP contribution in [0.5, 0.6) is 11.5 Å². The monoisotopic (exact) mass is 381 g/mol. The lowest BCUT2D eigenvalue weighted by molar-refractivity contribution is -0.137. The summed E-state index contributed by atoms with van der Waals surface area (Å²) in [6, 6.07) is 8.28. The summed E-state index contributed by atoms with van der Waals surface area (Å²) in [6.07, 6.45) is -1.31. The van der Waals surface area contributed by atoms with Gasteiger partial charge < -0.3 is 9.47 Å². The van der Waals surface area contributed by atoms with E-state index in [2.05, 4.69) is 4.90 Å². The van der Waals surface area contributed by atoms with Crippen molar-refractivity contribution in [3.05, 3.63) is 65.0 Å². The average Bonchev–Trinajstić information content (AvgIpc) is 3.09. The fraction of sp³-hybridized carbons (Fsp3) is 0.300. The van der Waals surface area contributed by atoms with Gasteiger partial charge in [0.15, 0.2) is 11.5 Å². The van der Waals surface area contributed by atoms with Gasteiger partial charge in [-0.25, -0.2) is 4.39 Å². The van der Waals surface area contributed by atoms with Crippen LogP contribution in [0.3, 0.4) is 0 Å². The molecule has 0 N–H and O–H groups in total. The predicted octanol–water partition coefficient (Wildman–Crippen LogP) is 5.11. The second-order valence-electron chi connectivity index (χ2n) is 6.15. The third-order valence-electron chi connectivity index (χ3n) is 4.28. The van der Waals surface area contributed by atoms with Crippen molar-refractivity contribution in [1.82, 2.24) is 4.90 Å². The highest BCUT2D eigenvalue weighted by Gasteiger charge is 2.30. The Bertz CT molecular complexity index is 833. The molecule has 1 aliphatic heterocycles. The van der Waals surface area contributed by atoms with Gasteiger partial charge in [0.2, 0.25) is 6.79 Å². The van der Waals surface area contributed by atoms with Crippen molar-refractivity contribution in [3.63, 3.8) is 0 Å². The number of halogens is 4. The maximum Gasteiger partial charge on any atom is 0.416 e. The van der Waals surface area contributed by atoms with Gasteiger partial charge in [0.25, 0.3) is 0 Å². The smallest absolute Gasteiger partial charge is 0.416 e. The van der Waals surface area contributed by atoms with Crippen LogP contribution in [0.2, 0.25) is 0 Å². The first-order chi connectivity index (χ1) is 12.9. The van der Waals surface area contributed by atoms with E-state index in [0.717, 1.165) is 30.0 Å². The zero-order valence-corrected chi connectivity index (χ0v) is 14.7. The van der Waals surface area contributed by atoms with Crippen LogP contribution in [0.15, 0.2) is 42.5 Å². The summed E-state index contributed by atoms with van der Waals surface area (Å²) in [5, 5.41) is 0. The Labute approximate surface area is 154 Å². The molecule has 0 bridgehead atoms. The first-order valence-electron chi connectivity index (χ1n) is 8.51. The summed E-state index contributed by atoms with van der Waals surface area (Å²) in [5.41, 5.74) is 0.187. The lowest BCUT2D eigenvalue weighted by Gasteiger charge is -2.18. The van der Waals surface area contributed by atoms with E-state index in [1.807, 2.05) is 25.1 Å². The standard InChI is InChI=1S/C20H19F4NO2/c1-2-25(12-14-5-8-18-19(10-14)27-13-26-18)9-3-4-15-6-7-16(11-17(15)21)20(22,23)24/h3-8,10-11H,2,9,12-13H2,1H3/b4-3+. The molecule has 1 aliphatic rings. The van der Waals surface area contributed by atoms with Crippen molar-refractivity contribution in [2.75, 3.05) is 19.9 Å². The zero-order valence-electron chi connectivity index (χ0n) is 14.7. The molecule has 2 aromatic carbocycles. The van der Waals surface area contributed by atoms with Crippen molar-refractivity contribution in [2.24, 2.45) is 0 Å². The molecular formula is C20H19F4NO2. The molecule has 0 saturated carbocycles. The highest BCUT2D eigenvalue weighted by Crippen LogP contribution is 2.33. The molecule has 0 aromatic heterocycles. The van der Waals surface area contributed by atoms with Crippen LogP contribution in [0, 0.1) is 5.82 Å². The Balaban J connectivity index is 1.62. The highest BCUT2D eigenvalue weighted by molar-refractivity contribution is 5.51. The molecule has 144 valence electrons. The molecule has 1 heterocycles. The topological polar surface area (TPSA) is 21.7 Å². The van der Waals surface area contributed by atoms with Gasteiger partial charge in [-0.15, -0.1) is 0 Å². The van der Waals surface area contributed by atoms with Crippen LogP contribution >= 0.6 is 0 Å². The van der Waals surface area contributed by atoms with Crippen molar-refractivity contribution in [3.8, 4) is 11.5 Å². The molecular weight excluding hydrogens is 362 g/mol. The summed E-state index contributed by atoms with van der Waals surface area (Å²) < 4.78 is 62.3. The van der Waals surface area contributed by atoms with E-state index in [0.29, 0.717) is 24.9 Å². The van der Waals surface area contributed by atoms with Gasteiger partial charge in [-0.3, -0.25) is 4.90 Å². The second-order valence-corrected chi connectivity index (χ2v) is 6.15. The SMILES string of the molecule is CCN(C/C=C/c1ccc(C(F)(F)F)cc1F)Cc1ccc2c(c1)OCO2. The Kier molecular flexibility index (Phi) is 5.70. The average molecular weight is 381 g/mol. The molecule has 0 radical (unpaired) electrons. The number of rotatable bonds is 6. The van der Waals surface area contributed by atoms with Crippen LogP contribution in [0.25, 0.3) is 6.08 Å². The normalized spacial score (nSPS) is 13.7. The van der Waals surface area contributed by atoms with E-state index in [1.54, 1.807) is 6.08 Å². The van der Waals surface area contributed by atoms with Gasteiger partial charge in [0, 0.05) is 18.7 Å². The first kappa shape index (κ1) is 19.2. The van der Waals surface area contributed by atoms with Crippen LogP contribution in [-0.2, 0) is 12.7 Å². The molecule has 0 spiro atoms. The Morgan fingerprint density at radius 2 is 1.85 bits per heavy atom. The van der Waals surface area contributed by atoms with E-state index < -0.39 is 17.6 Å². The lowest BCUT2D eigenvalue weighted by Crippen LogP contribution is -2.22. The largest absolute Gasteiger partial charge is 0.454 e. The molecule has 7 heteroatoms. The predicted molar refractivity (Wildman–Crippen MR) is 94.0 cm³/mol. The summed E-state index contributed by atoms with van der Waals surface area (Å²) in [5.74, 6) is 0.547. The fourth-order valence-electron chi connectivity index (χ4n) is 2.77. The second kappa shape index (κ2) is 8.00. The van der Waals surface area contributed by atoms with Gasteiger partial charge in [-0.05, 0) is 36.4 Å². The Hall–Kier alpha value is -2.54. The third kappa shape index (κ3) is 4.80. The molecule has 3 nitrogen and oxygen atoms in total. The molecule has 0 aliphatic carbocycles.